The summed E-state index contributed by atoms with van der Waals surface area (Å²) < 4.78 is 11.4. The van der Waals surface area contributed by atoms with Gasteiger partial charge in [0.05, 0.1) is 13.2 Å². The molecule has 0 aliphatic rings. The van der Waals surface area contributed by atoms with Gasteiger partial charge in [0.25, 0.3) is 0 Å². The Bertz CT molecular complexity index is 1040. The Labute approximate surface area is 224 Å². The molecule has 0 aliphatic carbocycles. The van der Waals surface area contributed by atoms with Gasteiger partial charge in [-0.25, -0.2) is 0 Å². The monoisotopic (exact) mass is 504 g/mol. The van der Waals surface area contributed by atoms with Gasteiger partial charge in [-0.2, -0.15) is 0 Å². The molecule has 0 saturated heterocycles. The summed E-state index contributed by atoms with van der Waals surface area (Å²) in [4.78, 5) is 11.6. The number of benzene rings is 3. The molecule has 202 valence electrons. The van der Waals surface area contributed by atoms with Crippen LogP contribution in [0.25, 0.3) is 21.5 Å². The third kappa shape index (κ3) is 11.2. The van der Waals surface area contributed by atoms with E-state index in [2.05, 4.69) is 61.5 Å². The van der Waals surface area contributed by atoms with Crippen LogP contribution in [0, 0.1) is 0 Å². The van der Waals surface area contributed by atoms with Gasteiger partial charge in [0, 0.05) is 11.8 Å². The minimum Gasteiger partial charge on any atom is -0.493 e. The molecule has 0 heterocycles. The van der Waals surface area contributed by atoms with Crippen molar-refractivity contribution in [3.05, 3.63) is 54.6 Å². The molecule has 0 radical (unpaired) electrons. The Morgan fingerprint density at radius 3 is 1.81 bits per heavy atom. The van der Waals surface area contributed by atoms with Gasteiger partial charge in [-0.15, -0.1) is 0 Å². The van der Waals surface area contributed by atoms with Crippen LogP contribution in [0.5, 0.6) is 5.75 Å². The molecular formula is C34H48O3. The highest BCUT2D eigenvalue weighted by Gasteiger charge is 2.05. The molecule has 0 N–H and O–H groups in total. The van der Waals surface area contributed by atoms with Gasteiger partial charge >= 0.3 is 5.97 Å². The summed E-state index contributed by atoms with van der Waals surface area (Å²) in [5.74, 6) is 0.993. The Hall–Kier alpha value is -2.55. The first kappa shape index (κ1) is 29.0. The molecule has 0 unspecified atom stereocenters. The van der Waals surface area contributed by atoms with Crippen LogP contribution >= 0.6 is 0 Å². The fraction of sp³-hybridized carbons (Fsp3) is 0.559. The molecule has 0 spiro atoms. The van der Waals surface area contributed by atoms with Crippen molar-refractivity contribution in [1.82, 2.24) is 0 Å². The van der Waals surface area contributed by atoms with E-state index in [1.807, 2.05) is 0 Å². The van der Waals surface area contributed by atoms with E-state index in [-0.39, 0.29) is 5.97 Å². The number of carbonyl (C=O) groups is 1. The van der Waals surface area contributed by atoms with Crippen LogP contribution in [0.2, 0.25) is 0 Å². The highest BCUT2D eigenvalue weighted by molar-refractivity contribution is 6.00. The number of rotatable bonds is 20. The lowest BCUT2D eigenvalue weighted by Gasteiger charge is -2.10. The zero-order valence-corrected chi connectivity index (χ0v) is 23.1. The van der Waals surface area contributed by atoms with Crippen LogP contribution in [-0.4, -0.2) is 19.2 Å². The SMILES string of the molecule is CCCCOC(=O)CCCCCCCCCCCCCCCOc1cccc2cc3ccccc3cc12. The summed E-state index contributed by atoms with van der Waals surface area (Å²) in [6, 6.07) is 19.4. The highest BCUT2D eigenvalue weighted by atomic mass is 16.5. The van der Waals surface area contributed by atoms with E-state index >= 15 is 0 Å². The number of ether oxygens (including phenoxy) is 2. The van der Waals surface area contributed by atoms with Crippen LogP contribution in [-0.2, 0) is 9.53 Å². The molecule has 0 fully saturated rings. The predicted molar refractivity (Wildman–Crippen MR) is 157 cm³/mol. The normalized spacial score (nSPS) is 11.3. The molecule has 0 saturated carbocycles. The molecule has 0 bridgehead atoms. The van der Waals surface area contributed by atoms with E-state index in [0.29, 0.717) is 13.0 Å². The molecule has 0 amide bonds. The van der Waals surface area contributed by atoms with Crippen LogP contribution in [0.15, 0.2) is 54.6 Å². The van der Waals surface area contributed by atoms with Gasteiger partial charge in [-0.1, -0.05) is 120 Å². The lowest BCUT2D eigenvalue weighted by Crippen LogP contribution is -2.05. The maximum Gasteiger partial charge on any atom is 0.305 e. The van der Waals surface area contributed by atoms with Crippen molar-refractivity contribution in [2.75, 3.05) is 13.2 Å². The molecule has 3 aromatic rings. The lowest BCUT2D eigenvalue weighted by atomic mass is 10.0. The Morgan fingerprint density at radius 2 is 1.16 bits per heavy atom. The molecule has 0 aliphatic heterocycles. The third-order valence-electron chi connectivity index (χ3n) is 7.25. The number of hydrogen-bond acceptors (Lipinski definition) is 3. The van der Waals surface area contributed by atoms with Crippen molar-refractivity contribution in [3.63, 3.8) is 0 Å². The van der Waals surface area contributed by atoms with Crippen LogP contribution in [0.1, 0.15) is 110 Å². The summed E-state index contributed by atoms with van der Waals surface area (Å²) in [5.41, 5.74) is 0. The highest BCUT2D eigenvalue weighted by Crippen LogP contribution is 2.30. The van der Waals surface area contributed by atoms with Gasteiger partial charge < -0.3 is 9.47 Å². The Balaban J connectivity index is 1.13. The number of hydrogen-bond donors (Lipinski definition) is 0. The number of unbranched alkanes of at least 4 members (excludes halogenated alkanes) is 13. The molecule has 3 nitrogen and oxygen atoms in total. The number of carbonyl (C=O) groups excluding carboxylic acids is 1. The maximum absolute atomic E-state index is 11.6. The van der Waals surface area contributed by atoms with E-state index in [0.717, 1.165) is 44.5 Å². The quantitative estimate of drug-likeness (QED) is 0.0872. The van der Waals surface area contributed by atoms with E-state index in [1.165, 1.54) is 85.8 Å². The lowest BCUT2D eigenvalue weighted by molar-refractivity contribution is -0.143. The molecule has 0 atom stereocenters. The standard InChI is InChI=1S/C34H48O3/c1-2-3-25-37-34(35)24-15-13-11-9-7-5-4-6-8-10-12-14-18-26-36-33-23-19-22-31-27-29-20-16-17-21-30(29)28-32(31)33/h16-17,19-23,27-28H,2-15,18,24-26H2,1H3. The topological polar surface area (TPSA) is 35.5 Å². The van der Waals surface area contributed by atoms with Crippen molar-refractivity contribution in [2.24, 2.45) is 0 Å². The Kier molecular flexibility index (Phi) is 14.0. The largest absolute Gasteiger partial charge is 0.493 e. The fourth-order valence-electron chi connectivity index (χ4n) is 4.96. The zero-order chi connectivity index (χ0) is 26.0. The minimum atomic E-state index is -0.0142. The van der Waals surface area contributed by atoms with Gasteiger partial charge in [0.15, 0.2) is 0 Å². The van der Waals surface area contributed by atoms with E-state index < -0.39 is 0 Å². The summed E-state index contributed by atoms with van der Waals surface area (Å²) in [5, 5.41) is 5.00. The molecule has 0 aromatic heterocycles. The zero-order valence-electron chi connectivity index (χ0n) is 23.1. The molecule has 37 heavy (non-hydrogen) atoms. The summed E-state index contributed by atoms with van der Waals surface area (Å²) in [6.45, 7) is 3.50. The second-order valence-electron chi connectivity index (χ2n) is 10.4. The average Bonchev–Trinajstić information content (AvgIpc) is 2.92. The minimum absolute atomic E-state index is 0.0142. The summed E-state index contributed by atoms with van der Waals surface area (Å²) in [6.07, 6.45) is 19.1. The number of esters is 1. The second kappa shape index (κ2) is 17.8. The third-order valence-corrected chi connectivity index (χ3v) is 7.25. The first-order valence-corrected chi connectivity index (χ1v) is 15.0. The van der Waals surface area contributed by atoms with Crippen molar-refractivity contribution in [1.29, 1.82) is 0 Å². The van der Waals surface area contributed by atoms with E-state index in [9.17, 15) is 4.79 Å². The summed E-state index contributed by atoms with van der Waals surface area (Å²) >= 11 is 0. The molecule has 3 rings (SSSR count). The first-order valence-electron chi connectivity index (χ1n) is 15.0. The predicted octanol–water partition coefficient (Wildman–Crippen LogP) is 10.2. The van der Waals surface area contributed by atoms with Gasteiger partial charge in [-0.3, -0.25) is 4.79 Å². The maximum atomic E-state index is 11.6. The summed E-state index contributed by atoms with van der Waals surface area (Å²) in [7, 11) is 0. The van der Waals surface area contributed by atoms with Crippen molar-refractivity contribution >= 4 is 27.5 Å². The average molecular weight is 505 g/mol. The molecular weight excluding hydrogens is 456 g/mol. The van der Waals surface area contributed by atoms with Gasteiger partial charge in [0.1, 0.15) is 5.75 Å². The fourth-order valence-corrected chi connectivity index (χ4v) is 4.96. The van der Waals surface area contributed by atoms with E-state index in [4.69, 9.17) is 9.47 Å². The second-order valence-corrected chi connectivity index (χ2v) is 10.4. The van der Waals surface area contributed by atoms with Crippen LogP contribution in [0.4, 0.5) is 0 Å². The van der Waals surface area contributed by atoms with Crippen molar-refractivity contribution in [3.8, 4) is 5.75 Å². The van der Waals surface area contributed by atoms with Crippen molar-refractivity contribution in [2.45, 2.75) is 110 Å². The van der Waals surface area contributed by atoms with Crippen LogP contribution in [0.3, 0.4) is 0 Å². The van der Waals surface area contributed by atoms with Gasteiger partial charge in [0.2, 0.25) is 0 Å². The molecule has 3 aromatic carbocycles. The van der Waals surface area contributed by atoms with Gasteiger partial charge in [-0.05, 0) is 53.6 Å². The van der Waals surface area contributed by atoms with E-state index in [1.54, 1.807) is 0 Å². The Morgan fingerprint density at radius 1 is 0.595 bits per heavy atom. The number of fused-ring (bicyclic) bond motifs is 2. The smallest absolute Gasteiger partial charge is 0.305 e. The molecule has 3 heteroatoms. The first-order chi connectivity index (χ1) is 18.3. The van der Waals surface area contributed by atoms with Crippen LogP contribution < -0.4 is 4.74 Å². The van der Waals surface area contributed by atoms with Crippen molar-refractivity contribution < 1.29 is 14.3 Å².